The van der Waals surface area contributed by atoms with Gasteiger partial charge in [-0.1, -0.05) is 0 Å². The molecule has 0 aromatic rings. The van der Waals surface area contributed by atoms with Crippen molar-refractivity contribution in [1.82, 2.24) is 10.2 Å². The van der Waals surface area contributed by atoms with Gasteiger partial charge in [-0.3, -0.25) is 4.79 Å². The van der Waals surface area contributed by atoms with E-state index in [1.165, 1.54) is 25.7 Å². The van der Waals surface area contributed by atoms with Crippen molar-refractivity contribution >= 4 is 18.3 Å². The Kier molecular flexibility index (Phi) is 5.70. The maximum Gasteiger partial charge on any atom is 0.222 e. The van der Waals surface area contributed by atoms with E-state index in [2.05, 4.69) is 12.2 Å². The summed E-state index contributed by atoms with van der Waals surface area (Å²) in [7, 11) is 0. The van der Waals surface area contributed by atoms with Crippen LogP contribution in [-0.2, 0) is 9.53 Å². The highest BCUT2D eigenvalue weighted by Crippen LogP contribution is 2.33. The Balaban J connectivity index is 0.00000147. The largest absolute Gasteiger partial charge is 0.377 e. The molecule has 3 unspecified atom stereocenters. The van der Waals surface area contributed by atoms with Gasteiger partial charge in [-0.05, 0) is 44.9 Å². The van der Waals surface area contributed by atoms with Crippen molar-refractivity contribution in [3.05, 3.63) is 0 Å². The third kappa shape index (κ3) is 3.86. The summed E-state index contributed by atoms with van der Waals surface area (Å²) in [6, 6.07) is 1.37. The molecule has 3 rings (SSSR count). The van der Waals surface area contributed by atoms with Crippen molar-refractivity contribution in [1.29, 1.82) is 0 Å². The van der Waals surface area contributed by atoms with Gasteiger partial charge in [0, 0.05) is 38.2 Å². The van der Waals surface area contributed by atoms with Gasteiger partial charge in [0.1, 0.15) is 0 Å². The van der Waals surface area contributed by atoms with Crippen molar-refractivity contribution in [2.24, 2.45) is 5.92 Å². The number of amides is 1. The average molecular weight is 303 g/mol. The van der Waals surface area contributed by atoms with E-state index in [1.807, 2.05) is 4.90 Å². The van der Waals surface area contributed by atoms with Crippen LogP contribution in [0.2, 0.25) is 0 Å². The summed E-state index contributed by atoms with van der Waals surface area (Å²) < 4.78 is 5.61. The minimum atomic E-state index is 0. The van der Waals surface area contributed by atoms with Crippen LogP contribution in [-0.4, -0.2) is 48.7 Å². The number of rotatable bonds is 2. The number of carbonyl (C=O) groups is 1. The standard InChI is InChI=1S/C15H26N2O2.ClH/c1-11-10-17(5-2-6-19-11)15(18)9-12-7-13-3-4-14(8-12)16-13;/h11-14,16H,2-10H2,1H3;1H. The fourth-order valence-electron chi connectivity index (χ4n) is 3.94. The lowest BCUT2D eigenvalue weighted by atomic mass is 9.89. The molecular formula is C15H27ClN2O2. The van der Waals surface area contributed by atoms with Crippen LogP contribution in [0.25, 0.3) is 0 Å². The zero-order valence-corrected chi connectivity index (χ0v) is 13.2. The van der Waals surface area contributed by atoms with Crippen molar-refractivity contribution in [3.8, 4) is 0 Å². The molecular weight excluding hydrogens is 276 g/mol. The average Bonchev–Trinajstić information content (AvgIpc) is 2.60. The Labute approximate surface area is 128 Å². The summed E-state index contributed by atoms with van der Waals surface area (Å²) in [4.78, 5) is 14.5. The summed E-state index contributed by atoms with van der Waals surface area (Å²) in [5.41, 5.74) is 0. The Morgan fingerprint density at radius 1 is 1.30 bits per heavy atom. The van der Waals surface area contributed by atoms with E-state index in [1.54, 1.807) is 0 Å². The molecule has 3 heterocycles. The first-order chi connectivity index (χ1) is 9.20. The molecule has 3 aliphatic heterocycles. The number of halogens is 1. The molecule has 3 saturated heterocycles. The Hall–Kier alpha value is -0.320. The van der Waals surface area contributed by atoms with Gasteiger partial charge in [0.15, 0.2) is 0 Å². The summed E-state index contributed by atoms with van der Waals surface area (Å²) in [5.74, 6) is 0.953. The fraction of sp³-hybridized carbons (Fsp3) is 0.933. The van der Waals surface area contributed by atoms with Crippen molar-refractivity contribution < 1.29 is 9.53 Å². The number of piperidine rings is 1. The SMILES string of the molecule is CC1CN(C(=O)CC2CC3CCC(C2)N3)CCCO1.Cl. The molecule has 0 aromatic carbocycles. The maximum absolute atomic E-state index is 12.4. The molecule has 3 atom stereocenters. The van der Waals surface area contributed by atoms with E-state index in [-0.39, 0.29) is 18.5 Å². The summed E-state index contributed by atoms with van der Waals surface area (Å²) in [5, 5.41) is 3.65. The van der Waals surface area contributed by atoms with Crippen LogP contribution in [0, 0.1) is 5.92 Å². The highest BCUT2D eigenvalue weighted by atomic mass is 35.5. The predicted octanol–water partition coefficient (Wildman–Crippen LogP) is 1.97. The van der Waals surface area contributed by atoms with Gasteiger partial charge in [0.25, 0.3) is 0 Å². The first kappa shape index (κ1) is 16.1. The molecule has 0 radical (unpaired) electrons. The minimum absolute atomic E-state index is 0. The normalized spacial score (nSPS) is 37.1. The Morgan fingerprint density at radius 2 is 2.00 bits per heavy atom. The van der Waals surface area contributed by atoms with E-state index < -0.39 is 0 Å². The number of nitrogens with one attached hydrogen (secondary N) is 1. The number of fused-ring (bicyclic) bond motifs is 2. The second-order valence-electron chi connectivity index (χ2n) is 6.55. The van der Waals surface area contributed by atoms with Gasteiger partial charge >= 0.3 is 0 Å². The molecule has 1 N–H and O–H groups in total. The molecule has 0 aromatic heterocycles. The Morgan fingerprint density at radius 3 is 2.70 bits per heavy atom. The zero-order valence-electron chi connectivity index (χ0n) is 12.3. The van der Waals surface area contributed by atoms with Crippen molar-refractivity contribution in [2.75, 3.05) is 19.7 Å². The minimum Gasteiger partial charge on any atom is -0.377 e. The lowest BCUT2D eigenvalue weighted by Crippen LogP contribution is -2.41. The van der Waals surface area contributed by atoms with Gasteiger partial charge < -0.3 is 15.0 Å². The number of nitrogens with zero attached hydrogens (tertiary/aromatic N) is 1. The highest BCUT2D eigenvalue weighted by molar-refractivity contribution is 5.85. The van der Waals surface area contributed by atoms with Crippen molar-refractivity contribution in [2.45, 2.75) is 63.6 Å². The van der Waals surface area contributed by atoms with Gasteiger partial charge in [-0.2, -0.15) is 0 Å². The smallest absolute Gasteiger partial charge is 0.222 e. The molecule has 116 valence electrons. The van der Waals surface area contributed by atoms with Crippen LogP contribution in [0.5, 0.6) is 0 Å². The predicted molar refractivity (Wildman–Crippen MR) is 81.1 cm³/mol. The van der Waals surface area contributed by atoms with Gasteiger partial charge in [0.2, 0.25) is 5.91 Å². The summed E-state index contributed by atoms with van der Waals surface area (Å²) in [6.07, 6.45) is 6.93. The molecule has 1 amide bonds. The van der Waals surface area contributed by atoms with Crippen LogP contribution in [0.4, 0.5) is 0 Å². The van der Waals surface area contributed by atoms with Crippen LogP contribution in [0.1, 0.15) is 45.4 Å². The quantitative estimate of drug-likeness (QED) is 0.848. The maximum atomic E-state index is 12.4. The third-order valence-electron chi connectivity index (χ3n) is 4.84. The van der Waals surface area contributed by atoms with E-state index >= 15 is 0 Å². The molecule has 20 heavy (non-hydrogen) atoms. The molecule has 4 nitrogen and oxygen atoms in total. The molecule has 3 aliphatic rings. The van der Waals surface area contributed by atoms with Crippen LogP contribution in [0.15, 0.2) is 0 Å². The lowest BCUT2D eigenvalue weighted by Gasteiger charge is -2.30. The number of carbonyl (C=O) groups excluding carboxylic acids is 1. The van der Waals surface area contributed by atoms with Crippen LogP contribution in [0.3, 0.4) is 0 Å². The number of hydrogen-bond donors (Lipinski definition) is 1. The topological polar surface area (TPSA) is 41.6 Å². The van der Waals surface area contributed by atoms with E-state index in [0.29, 0.717) is 23.9 Å². The molecule has 0 saturated carbocycles. The van der Waals surface area contributed by atoms with E-state index in [4.69, 9.17) is 4.74 Å². The van der Waals surface area contributed by atoms with Gasteiger partial charge in [0.05, 0.1) is 6.10 Å². The molecule has 2 bridgehead atoms. The fourth-order valence-corrected chi connectivity index (χ4v) is 3.94. The molecule has 0 spiro atoms. The third-order valence-corrected chi connectivity index (χ3v) is 4.84. The van der Waals surface area contributed by atoms with E-state index in [0.717, 1.165) is 32.5 Å². The second-order valence-corrected chi connectivity index (χ2v) is 6.55. The molecule has 0 aliphatic carbocycles. The Bertz CT molecular complexity index is 328. The van der Waals surface area contributed by atoms with Crippen molar-refractivity contribution in [3.63, 3.8) is 0 Å². The number of ether oxygens (including phenoxy) is 1. The molecule has 5 heteroatoms. The number of hydrogen-bond acceptors (Lipinski definition) is 3. The lowest BCUT2D eigenvalue weighted by molar-refractivity contribution is -0.133. The van der Waals surface area contributed by atoms with Crippen LogP contribution < -0.4 is 5.32 Å². The first-order valence-corrected chi connectivity index (χ1v) is 7.86. The van der Waals surface area contributed by atoms with Crippen LogP contribution >= 0.6 is 12.4 Å². The van der Waals surface area contributed by atoms with Gasteiger partial charge in [-0.25, -0.2) is 0 Å². The van der Waals surface area contributed by atoms with Gasteiger partial charge in [-0.15, -0.1) is 12.4 Å². The summed E-state index contributed by atoms with van der Waals surface area (Å²) in [6.45, 7) is 4.51. The molecule has 3 fully saturated rings. The van der Waals surface area contributed by atoms with E-state index in [9.17, 15) is 4.79 Å². The first-order valence-electron chi connectivity index (χ1n) is 7.86. The summed E-state index contributed by atoms with van der Waals surface area (Å²) >= 11 is 0. The highest BCUT2D eigenvalue weighted by Gasteiger charge is 2.35. The second kappa shape index (κ2) is 7.10. The zero-order chi connectivity index (χ0) is 13.2. The monoisotopic (exact) mass is 302 g/mol.